The molecule has 2 aromatic carbocycles. The summed E-state index contributed by atoms with van der Waals surface area (Å²) in [6, 6.07) is 12.6. The number of ether oxygens (including phenoxy) is 1. The van der Waals surface area contributed by atoms with Crippen molar-refractivity contribution >= 4 is 34.2 Å². The van der Waals surface area contributed by atoms with E-state index in [-0.39, 0.29) is 5.91 Å². The van der Waals surface area contributed by atoms with Gasteiger partial charge in [-0.2, -0.15) is 0 Å². The van der Waals surface area contributed by atoms with Gasteiger partial charge in [0.1, 0.15) is 5.75 Å². The Morgan fingerprint density at radius 3 is 2.80 bits per heavy atom. The van der Waals surface area contributed by atoms with Crippen LogP contribution in [0.1, 0.15) is 17.3 Å². The minimum Gasteiger partial charge on any atom is -0.455 e. The number of carbonyl (C=O) groups is 1. The maximum atomic E-state index is 11.8. The second-order valence-electron chi connectivity index (χ2n) is 4.17. The summed E-state index contributed by atoms with van der Waals surface area (Å²) in [6.07, 6.45) is 0. The van der Waals surface area contributed by atoms with E-state index in [1.54, 1.807) is 18.2 Å². The number of benzene rings is 2. The largest absolute Gasteiger partial charge is 0.455 e. The van der Waals surface area contributed by atoms with E-state index in [4.69, 9.17) is 10.5 Å². The SMILES string of the molecule is CCNC(=O)c1ccc(N)c(Oc2cccc(I)c2)c1. The van der Waals surface area contributed by atoms with Crippen LogP contribution in [0.15, 0.2) is 42.5 Å². The van der Waals surface area contributed by atoms with Crippen LogP contribution in [0.5, 0.6) is 11.5 Å². The van der Waals surface area contributed by atoms with Crippen LogP contribution in [0.3, 0.4) is 0 Å². The minimum absolute atomic E-state index is 0.139. The monoisotopic (exact) mass is 382 g/mol. The fraction of sp³-hybridized carbons (Fsp3) is 0.133. The van der Waals surface area contributed by atoms with Gasteiger partial charge in [0.2, 0.25) is 0 Å². The highest BCUT2D eigenvalue weighted by Crippen LogP contribution is 2.29. The molecule has 0 fully saturated rings. The number of hydrogen-bond acceptors (Lipinski definition) is 3. The summed E-state index contributed by atoms with van der Waals surface area (Å²) in [5.74, 6) is 1.03. The number of nitrogen functional groups attached to an aromatic ring is 1. The number of carbonyl (C=O) groups excluding carboxylic acids is 1. The fourth-order valence-corrected chi connectivity index (χ4v) is 2.20. The second kappa shape index (κ2) is 6.60. The fourth-order valence-electron chi connectivity index (χ4n) is 1.68. The smallest absolute Gasteiger partial charge is 0.251 e. The third-order valence-corrected chi connectivity index (χ3v) is 3.31. The van der Waals surface area contributed by atoms with E-state index in [2.05, 4.69) is 27.9 Å². The Labute approximate surface area is 131 Å². The van der Waals surface area contributed by atoms with Crippen molar-refractivity contribution in [1.29, 1.82) is 0 Å². The molecule has 2 rings (SSSR count). The molecule has 0 unspecified atom stereocenters. The van der Waals surface area contributed by atoms with Crippen LogP contribution in [-0.4, -0.2) is 12.5 Å². The third kappa shape index (κ3) is 3.63. The van der Waals surface area contributed by atoms with Crippen molar-refractivity contribution in [2.75, 3.05) is 12.3 Å². The first-order valence-corrected chi connectivity index (χ1v) is 7.29. The first kappa shape index (κ1) is 14.6. The Balaban J connectivity index is 2.27. The van der Waals surface area contributed by atoms with Crippen molar-refractivity contribution in [2.45, 2.75) is 6.92 Å². The van der Waals surface area contributed by atoms with Crippen LogP contribution in [0.4, 0.5) is 5.69 Å². The van der Waals surface area contributed by atoms with Crippen LogP contribution in [0, 0.1) is 3.57 Å². The zero-order chi connectivity index (χ0) is 14.5. The molecule has 104 valence electrons. The molecule has 0 heterocycles. The molecule has 0 spiro atoms. The van der Waals surface area contributed by atoms with Crippen LogP contribution in [0.2, 0.25) is 0 Å². The zero-order valence-electron chi connectivity index (χ0n) is 11.0. The van der Waals surface area contributed by atoms with E-state index >= 15 is 0 Å². The number of halogens is 1. The first-order chi connectivity index (χ1) is 9.60. The van der Waals surface area contributed by atoms with Gasteiger partial charge in [-0.15, -0.1) is 0 Å². The third-order valence-electron chi connectivity index (χ3n) is 2.64. The van der Waals surface area contributed by atoms with E-state index in [9.17, 15) is 4.79 Å². The Morgan fingerprint density at radius 1 is 1.30 bits per heavy atom. The number of anilines is 1. The summed E-state index contributed by atoms with van der Waals surface area (Å²) >= 11 is 2.21. The Hall–Kier alpha value is -1.76. The van der Waals surface area contributed by atoms with Gasteiger partial charge in [-0.3, -0.25) is 4.79 Å². The molecule has 0 atom stereocenters. The summed E-state index contributed by atoms with van der Waals surface area (Å²) in [6.45, 7) is 2.45. The molecule has 20 heavy (non-hydrogen) atoms. The lowest BCUT2D eigenvalue weighted by atomic mass is 10.1. The molecule has 3 N–H and O–H groups in total. The zero-order valence-corrected chi connectivity index (χ0v) is 13.2. The molecular formula is C15H15IN2O2. The molecule has 2 aromatic rings. The Morgan fingerprint density at radius 2 is 2.10 bits per heavy atom. The highest BCUT2D eigenvalue weighted by atomic mass is 127. The van der Waals surface area contributed by atoms with Gasteiger partial charge in [-0.05, 0) is 65.9 Å². The number of nitrogens with two attached hydrogens (primary N) is 1. The number of nitrogens with one attached hydrogen (secondary N) is 1. The highest BCUT2D eigenvalue weighted by molar-refractivity contribution is 14.1. The summed E-state index contributed by atoms with van der Waals surface area (Å²) < 4.78 is 6.82. The molecule has 0 aromatic heterocycles. The van der Waals surface area contributed by atoms with Gasteiger partial charge >= 0.3 is 0 Å². The highest BCUT2D eigenvalue weighted by Gasteiger charge is 2.09. The van der Waals surface area contributed by atoms with Crippen LogP contribution in [0.25, 0.3) is 0 Å². The van der Waals surface area contributed by atoms with Crippen LogP contribution < -0.4 is 15.8 Å². The number of rotatable bonds is 4. The topological polar surface area (TPSA) is 64.4 Å². The van der Waals surface area contributed by atoms with Crippen molar-refractivity contribution in [1.82, 2.24) is 5.32 Å². The van der Waals surface area contributed by atoms with E-state index < -0.39 is 0 Å². The molecule has 0 radical (unpaired) electrons. The Kier molecular flexibility index (Phi) is 4.84. The quantitative estimate of drug-likeness (QED) is 0.629. The average Bonchev–Trinajstić information content (AvgIpc) is 2.41. The van der Waals surface area contributed by atoms with Crippen molar-refractivity contribution < 1.29 is 9.53 Å². The Bertz CT molecular complexity index is 629. The molecule has 0 aliphatic carbocycles. The van der Waals surface area contributed by atoms with E-state index in [0.29, 0.717) is 29.3 Å². The van der Waals surface area contributed by atoms with Crippen LogP contribution in [-0.2, 0) is 0 Å². The number of amides is 1. The van der Waals surface area contributed by atoms with Gasteiger partial charge < -0.3 is 15.8 Å². The van der Waals surface area contributed by atoms with E-state index in [1.165, 1.54) is 0 Å². The lowest BCUT2D eigenvalue weighted by Crippen LogP contribution is -2.22. The molecular weight excluding hydrogens is 367 g/mol. The second-order valence-corrected chi connectivity index (χ2v) is 5.42. The molecule has 0 aliphatic heterocycles. The normalized spacial score (nSPS) is 10.1. The lowest BCUT2D eigenvalue weighted by Gasteiger charge is -2.10. The molecule has 5 heteroatoms. The molecule has 0 aliphatic rings. The molecule has 4 nitrogen and oxygen atoms in total. The lowest BCUT2D eigenvalue weighted by molar-refractivity contribution is 0.0955. The van der Waals surface area contributed by atoms with Crippen molar-refractivity contribution in [3.8, 4) is 11.5 Å². The predicted octanol–water partition coefficient (Wildman–Crippen LogP) is 3.42. The van der Waals surface area contributed by atoms with Gasteiger partial charge in [0.05, 0.1) is 5.69 Å². The molecule has 1 amide bonds. The van der Waals surface area contributed by atoms with Crippen molar-refractivity contribution in [3.05, 3.63) is 51.6 Å². The van der Waals surface area contributed by atoms with Gasteiger partial charge in [-0.1, -0.05) is 6.07 Å². The average molecular weight is 382 g/mol. The summed E-state index contributed by atoms with van der Waals surface area (Å²) in [5.41, 5.74) is 6.92. The summed E-state index contributed by atoms with van der Waals surface area (Å²) in [7, 11) is 0. The van der Waals surface area contributed by atoms with Gasteiger partial charge in [0, 0.05) is 15.7 Å². The standard InChI is InChI=1S/C15H15IN2O2/c1-2-18-15(19)10-6-7-13(17)14(8-10)20-12-5-3-4-11(16)9-12/h3-9H,2,17H2,1H3,(H,18,19). The first-order valence-electron chi connectivity index (χ1n) is 6.21. The summed E-state index contributed by atoms with van der Waals surface area (Å²) in [4.78, 5) is 11.8. The van der Waals surface area contributed by atoms with E-state index in [0.717, 1.165) is 3.57 Å². The van der Waals surface area contributed by atoms with Gasteiger partial charge in [0.25, 0.3) is 5.91 Å². The van der Waals surface area contributed by atoms with E-state index in [1.807, 2.05) is 31.2 Å². The number of hydrogen-bond donors (Lipinski definition) is 2. The maximum Gasteiger partial charge on any atom is 0.251 e. The van der Waals surface area contributed by atoms with Gasteiger partial charge in [0.15, 0.2) is 5.75 Å². The van der Waals surface area contributed by atoms with Crippen molar-refractivity contribution in [2.24, 2.45) is 0 Å². The van der Waals surface area contributed by atoms with Gasteiger partial charge in [-0.25, -0.2) is 0 Å². The summed E-state index contributed by atoms with van der Waals surface area (Å²) in [5, 5.41) is 2.74. The maximum absolute atomic E-state index is 11.8. The molecule has 0 bridgehead atoms. The molecule has 0 saturated heterocycles. The molecule has 0 saturated carbocycles. The predicted molar refractivity (Wildman–Crippen MR) is 88.1 cm³/mol. The van der Waals surface area contributed by atoms with Crippen LogP contribution >= 0.6 is 22.6 Å². The minimum atomic E-state index is -0.139. The van der Waals surface area contributed by atoms with Crippen molar-refractivity contribution in [3.63, 3.8) is 0 Å².